The van der Waals surface area contributed by atoms with Crippen molar-refractivity contribution in [1.82, 2.24) is 5.32 Å². The molecule has 0 radical (unpaired) electrons. The van der Waals surface area contributed by atoms with Crippen molar-refractivity contribution in [2.45, 2.75) is 45.3 Å². The molecule has 17 heavy (non-hydrogen) atoms. The summed E-state index contributed by atoms with van der Waals surface area (Å²) >= 11 is 0. The van der Waals surface area contributed by atoms with E-state index in [0.717, 1.165) is 0 Å². The lowest BCUT2D eigenvalue weighted by atomic mass is 9.87. The Balaban J connectivity index is 4.84. The molecule has 1 atom stereocenters. The zero-order valence-electron chi connectivity index (χ0n) is 11.4. The van der Waals surface area contributed by atoms with Gasteiger partial charge in [-0.05, 0) is 27.7 Å². The second kappa shape index (κ2) is 6.63. The van der Waals surface area contributed by atoms with Crippen LogP contribution in [0.4, 0.5) is 0 Å². The van der Waals surface area contributed by atoms with E-state index in [1.165, 1.54) is 0 Å². The van der Waals surface area contributed by atoms with E-state index in [4.69, 9.17) is 15.9 Å². The highest BCUT2D eigenvalue weighted by Crippen LogP contribution is 2.24. The molecule has 1 N–H and O–H groups in total. The van der Waals surface area contributed by atoms with Crippen LogP contribution in [-0.2, 0) is 14.3 Å². The number of nitrogens with one attached hydrogen (secondary N) is 1. The number of rotatable bonds is 7. The van der Waals surface area contributed by atoms with E-state index in [-0.39, 0.29) is 5.97 Å². The van der Waals surface area contributed by atoms with Gasteiger partial charge in [-0.15, -0.1) is 6.42 Å². The van der Waals surface area contributed by atoms with Gasteiger partial charge < -0.3 is 9.47 Å². The van der Waals surface area contributed by atoms with Crippen molar-refractivity contribution in [2.24, 2.45) is 0 Å². The minimum atomic E-state index is -0.831. The fourth-order valence-corrected chi connectivity index (χ4v) is 1.67. The molecule has 0 saturated carbocycles. The molecule has 98 valence electrons. The number of esters is 1. The van der Waals surface area contributed by atoms with Gasteiger partial charge in [-0.2, -0.15) is 0 Å². The molecule has 0 rings (SSSR count). The van der Waals surface area contributed by atoms with Crippen LogP contribution in [0.5, 0.6) is 0 Å². The molecule has 0 aliphatic rings. The molecule has 0 saturated heterocycles. The minimum absolute atomic E-state index is 0.305. The normalized spacial score (nSPS) is 14.8. The van der Waals surface area contributed by atoms with Gasteiger partial charge in [0.25, 0.3) is 0 Å². The number of hydrogen-bond acceptors (Lipinski definition) is 4. The lowest BCUT2D eigenvalue weighted by Gasteiger charge is -2.35. The molecule has 0 amide bonds. The molecule has 1 unspecified atom stereocenters. The lowest BCUT2D eigenvalue weighted by Crippen LogP contribution is -2.54. The molecule has 0 aromatic rings. The van der Waals surface area contributed by atoms with E-state index >= 15 is 0 Å². The number of terminal acetylenes is 1. The summed E-state index contributed by atoms with van der Waals surface area (Å²) in [5, 5.41) is 3.03. The van der Waals surface area contributed by atoms with E-state index in [2.05, 4.69) is 11.2 Å². The molecule has 0 aliphatic carbocycles. The Labute approximate surface area is 104 Å². The zero-order valence-corrected chi connectivity index (χ0v) is 11.4. The van der Waals surface area contributed by atoms with E-state index in [0.29, 0.717) is 19.6 Å². The molecule has 0 spiro atoms. The molecule has 4 heteroatoms. The van der Waals surface area contributed by atoms with Crippen molar-refractivity contribution in [1.29, 1.82) is 0 Å². The van der Waals surface area contributed by atoms with Crippen LogP contribution < -0.4 is 5.32 Å². The Bertz CT molecular complexity index is 294. The number of ether oxygens (including phenoxy) is 2. The highest BCUT2D eigenvalue weighted by Gasteiger charge is 2.39. The quantitative estimate of drug-likeness (QED) is 0.540. The molecule has 0 aromatic heterocycles. The average Bonchev–Trinajstić information content (AvgIpc) is 2.26. The van der Waals surface area contributed by atoms with Crippen molar-refractivity contribution in [3.63, 3.8) is 0 Å². The van der Waals surface area contributed by atoms with E-state index in [9.17, 15) is 4.79 Å². The number of carbonyl (C=O) groups is 1. The molecule has 0 heterocycles. The summed E-state index contributed by atoms with van der Waals surface area (Å²) in [4.78, 5) is 12.0. The Kier molecular flexibility index (Phi) is 6.22. The van der Waals surface area contributed by atoms with Gasteiger partial charge in [0.05, 0.1) is 18.8 Å². The number of carbonyl (C=O) groups excluding carboxylic acids is 1. The minimum Gasteiger partial charge on any atom is -0.465 e. The van der Waals surface area contributed by atoms with Crippen molar-refractivity contribution in [3.05, 3.63) is 0 Å². The summed E-state index contributed by atoms with van der Waals surface area (Å²) in [7, 11) is 1.62. The molecule has 0 aliphatic heterocycles. The van der Waals surface area contributed by atoms with Gasteiger partial charge in [0, 0.05) is 13.5 Å². The first kappa shape index (κ1) is 16.0. The molecule has 0 fully saturated rings. The van der Waals surface area contributed by atoms with Crippen LogP contribution in [0.3, 0.4) is 0 Å². The summed E-state index contributed by atoms with van der Waals surface area (Å²) < 4.78 is 10.4. The van der Waals surface area contributed by atoms with Gasteiger partial charge in [0.2, 0.25) is 0 Å². The Morgan fingerprint density at radius 1 is 1.41 bits per heavy atom. The highest BCUT2D eigenvalue weighted by atomic mass is 16.5. The maximum Gasteiger partial charge on any atom is 0.326 e. The van der Waals surface area contributed by atoms with Gasteiger partial charge in [-0.25, -0.2) is 0 Å². The summed E-state index contributed by atoms with van der Waals surface area (Å²) in [5.41, 5.74) is -1.26. The third-order valence-corrected chi connectivity index (χ3v) is 2.64. The molecule has 4 nitrogen and oxygen atoms in total. The van der Waals surface area contributed by atoms with Gasteiger partial charge in [-0.1, -0.05) is 5.92 Å². The zero-order chi connectivity index (χ0) is 13.5. The topological polar surface area (TPSA) is 47.6 Å². The van der Waals surface area contributed by atoms with Crippen LogP contribution in [0.1, 0.15) is 34.1 Å². The van der Waals surface area contributed by atoms with Crippen molar-refractivity contribution in [3.8, 4) is 12.3 Å². The lowest BCUT2D eigenvalue weighted by molar-refractivity contribution is -0.153. The number of hydrogen-bond donors (Lipinski definition) is 1. The van der Waals surface area contributed by atoms with E-state index in [1.54, 1.807) is 21.0 Å². The van der Waals surface area contributed by atoms with Gasteiger partial charge in [0.1, 0.15) is 5.54 Å². The van der Waals surface area contributed by atoms with E-state index < -0.39 is 11.1 Å². The van der Waals surface area contributed by atoms with Crippen LogP contribution in [0.25, 0.3) is 0 Å². The molecule has 0 aromatic carbocycles. The van der Waals surface area contributed by atoms with Crippen LogP contribution in [0, 0.1) is 12.3 Å². The molecular weight excluding hydrogens is 218 g/mol. The average molecular weight is 241 g/mol. The van der Waals surface area contributed by atoms with E-state index in [1.807, 2.05) is 13.8 Å². The largest absolute Gasteiger partial charge is 0.465 e. The monoisotopic (exact) mass is 241 g/mol. The Morgan fingerprint density at radius 3 is 2.41 bits per heavy atom. The summed E-state index contributed by atoms with van der Waals surface area (Å²) in [6, 6.07) is 0. The van der Waals surface area contributed by atoms with Crippen molar-refractivity contribution < 1.29 is 14.3 Å². The van der Waals surface area contributed by atoms with Crippen molar-refractivity contribution in [2.75, 3.05) is 20.3 Å². The molecular formula is C13H23NO3. The molecule has 0 bridgehead atoms. The Morgan fingerprint density at radius 2 is 2.00 bits per heavy atom. The van der Waals surface area contributed by atoms with Crippen LogP contribution in [0.15, 0.2) is 0 Å². The predicted molar refractivity (Wildman–Crippen MR) is 67.6 cm³/mol. The van der Waals surface area contributed by atoms with Gasteiger partial charge in [-0.3, -0.25) is 10.1 Å². The van der Waals surface area contributed by atoms with Crippen LogP contribution in [-0.4, -0.2) is 37.4 Å². The SMILES string of the molecule is C#CCNC(C)(CC(C)(C)OC)C(=O)OCC. The maximum absolute atomic E-state index is 12.0. The first-order chi connectivity index (χ1) is 7.81. The van der Waals surface area contributed by atoms with Crippen LogP contribution >= 0.6 is 0 Å². The van der Waals surface area contributed by atoms with Crippen molar-refractivity contribution >= 4 is 5.97 Å². The van der Waals surface area contributed by atoms with Gasteiger partial charge >= 0.3 is 5.97 Å². The van der Waals surface area contributed by atoms with Crippen LogP contribution in [0.2, 0.25) is 0 Å². The predicted octanol–water partition coefficient (Wildman–Crippen LogP) is 1.35. The standard InChI is InChI=1S/C13H23NO3/c1-7-9-14-13(5,11(15)17-8-2)10-12(3,4)16-6/h1,14H,8-10H2,2-6H3. The maximum atomic E-state index is 12.0. The Hall–Kier alpha value is -1.05. The van der Waals surface area contributed by atoms with Gasteiger partial charge in [0.15, 0.2) is 0 Å². The summed E-state index contributed by atoms with van der Waals surface area (Å²) in [6.45, 7) is 8.06. The second-order valence-corrected chi connectivity index (χ2v) is 4.75. The second-order valence-electron chi connectivity index (χ2n) is 4.75. The number of methoxy groups -OCH3 is 1. The summed E-state index contributed by atoms with van der Waals surface area (Å²) in [5.74, 6) is 2.16. The highest BCUT2D eigenvalue weighted by molar-refractivity contribution is 5.80. The smallest absolute Gasteiger partial charge is 0.326 e. The third kappa shape index (κ3) is 5.20. The first-order valence-corrected chi connectivity index (χ1v) is 5.72. The third-order valence-electron chi connectivity index (χ3n) is 2.64. The fourth-order valence-electron chi connectivity index (χ4n) is 1.67. The first-order valence-electron chi connectivity index (χ1n) is 5.72. The fraction of sp³-hybridized carbons (Fsp3) is 0.769. The summed E-state index contributed by atoms with van der Waals surface area (Å²) in [6.07, 6.45) is 5.69.